The molecule has 25 valence electrons. The topological polar surface area (TPSA) is 57.0 Å². The summed E-state index contributed by atoms with van der Waals surface area (Å²) in [5.74, 6) is 0. The maximum atomic E-state index is 0. The Morgan fingerprint density at radius 1 is 0.750 bits per heavy atom. The Labute approximate surface area is 44.7 Å². The van der Waals surface area contributed by atoms with E-state index >= 15 is 0 Å². The SMILES string of the molecule is [O-2].[O-2].[Si].[Ta]. The van der Waals surface area contributed by atoms with Crippen LogP contribution < -0.4 is 0 Å². The summed E-state index contributed by atoms with van der Waals surface area (Å²) in [6, 6.07) is 0. The molecule has 0 rings (SSSR count). The molecular formula is O2SiTa-4. The first kappa shape index (κ1) is 95.3. The molecule has 0 fully saturated rings. The van der Waals surface area contributed by atoms with E-state index in [1.54, 1.807) is 0 Å². The third-order valence-corrected chi connectivity index (χ3v) is 0. The molecule has 4 heteroatoms. The Hall–Kier alpha value is 0.877. The molecule has 0 aliphatic carbocycles. The molecule has 0 spiro atoms. The van der Waals surface area contributed by atoms with E-state index in [0.717, 1.165) is 0 Å². The third-order valence-electron chi connectivity index (χ3n) is 0. The van der Waals surface area contributed by atoms with Crippen molar-refractivity contribution in [3.05, 3.63) is 0 Å². The van der Waals surface area contributed by atoms with E-state index in [2.05, 4.69) is 0 Å². The summed E-state index contributed by atoms with van der Waals surface area (Å²) in [6.45, 7) is 0. The molecule has 4 heavy (non-hydrogen) atoms. The fourth-order valence-electron chi connectivity index (χ4n) is 0. The van der Waals surface area contributed by atoms with E-state index in [4.69, 9.17) is 0 Å². The van der Waals surface area contributed by atoms with Crippen molar-refractivity contribution in [1.82, 2.24) is 0 Å². The number of rotatable bonds is 0. The Balaban J connectivity index is 0. The van der Waals surface area contributed by atoms with Crippen LogP contribution in [-0.4, -0.2) is 11.0 Å². The van der Waals surface area contributed by atoms with Crippen molar-refractivity contribution in [3.8, 4) is 0 Å². The quantitative estimate of drug-likeness (QED) is 0.507. The molecule has 0 amide bonds. The zero-order chi connectivity index (χ0) is 0. The summed E-state index contributed by atoms with van der Waals surface area (Å²) < 4.78 is 0. The first-order valence-electron chi connectivity index (χ1n) is 0. The second-order valence-corrected chi connectivity index (χ2v) is 0. The first-order chi connectivity index (χ1) is 0. The molecule has 0 saturated heterocycles. The van der Waals surface area contributed by atoms with Crippen molar-refractivity contribution in [2.24, 2.45) is 0 Å². The fourth-order valence-corrected chi connectivity index (χ4v) is 0. The van der Waals surface area contributed by atoms with Crippen molar-refractivity contribution < 1.29 is 33.3 Å². The molecule has 0 N–H and O–H groups in total. The molecule has 0 aromatic carbocycles. The van der Waals surface area contributed by atoms with Crippen LogP contribution in [0.3, 0.4) is 0 Å². The summed E-state index contributed by atoms with van der Waals surface area (Å²) in [4.78, 5) is 0. The summed E-state index contributed by atoms with van der Waals surface area (Å²) >= 11 is 0. The summed E-state index contributed by atoms with van der Waals surface area (Å²) in [5, 5.41) is 0. The standard InChI is InChI=1S/2O.Si.Ta/q2*-2;;. The van der Waals surface area contributed by atoms with Gasteiger partial charge in [-0.15, -0.1) is 0 Å². The Morgan fingerprint density at radius 3 is 0.750 bits per heavy atom. The maximum absolute atomic E-state index is 0. The number of hydrogen-bond acceptors (Lipinski definition) is 0. The van der Waals surface area contributed by atoms with Crippen LogP contribution in [0.25, 0.3) is 0 Å². The van der Waals surface area contributed by atoms with E-state index in [9.17, 15) is 0 Å². The van der Waals surface area contributed by atoms with Gasteiger partial charge in [0.05, 0.1) is 0 Å². The molecular weight excluding hydrogens is 241 g/mol. The van der Waals surface area contributed by atoms with Crippen molar-refractivity contribution in [2.75, 3.05) is 0 Å². The van der Waals surface area contributed by atoms with Crippen molar-refractivity contribution in [1.29, 1.82) is 0 Å². The molecule has 2 nitrogen and oxygen atoms in total. The van der Waals surface area contributed by atoms with Crippen molar-refractivity contribution in [2.45, 2.75) is 0 Å². The van der Waals surface area contributed by atoms with Crippen LogP contribution in [0, 0.1) is 0 Å². The van der Waals surface area contributed by atoms with E-state index in [1.807, 2.05) is 0 Å². The first-order valence-corrected chi connectivity index (χ1v) is 0. The van der Waals surface area contributed by atoms with E-state index < -0.39 is 0 Å². The molecule has 0 aliphatic rings. The van der Waals surface area contributed by atoms with Gasteiger partial charge in [-0.2, -0.15) is 0 Å². The minimum absolute atomic E-state index is 0. The van der Waals surface area contributed by atoms with Gasteiger partial charge in [0.1, 0.15) is 0 Å². The minimum Gasteiger partial charge on any atom is -2.00 e. The molecule has 0 aromatic rings. The van der Waals surface area contributed by atoms with Crippen LogP contribution in [0.5, 0.6) is 0 Å². The molecule has 0 aromatic heterocycles. The monoisotopic (exact) mass is 241 g/mol. The average Bonchev–Trinajstić information content (AvgIpc) is 0. The predicted molar refractivity (Wildman–Crippen MR) is 7.13 cm³/mol. The number of hydrogen-bond donors (Lipinski definition) is 0. The summed E-state index contributed by atoms with van der Waals surface area (Å²) in [7, 11) is 0. The summed E-state index contributed by atoms with van der Waals surface area (Å²) in [6.07, 6.45) is 0. The van der Waals surface area contributed by atoms with Crippen LogP contribution >= 0.6 is 0 Å². The van der Waals surface area contributed by atoms with Gasteiger partial charge in [0.2, 0.25) is 0 Å². The Bertz CT molecular complexity index is 6.00. The molecule has 0 saturated carbocycles. The Morgan fingerprint density at radius 2 is 0.750 bits per heavy atom. The van der Waals surface area contributed by atoms with Gasteiger partial charge >= 0.3 is 0 Å². The minimum atomic E-state index is 0. The van der Waals surface area contributed by atoms with Crippen LogP contribution in [-0.2, 0) is 33.3 Å². The van der Waals surface area contributed by atoms with Gasteiger partial charge in [-0.3, -0.25) is 0 Å². The molecule has 0 aliphatic heterocycles. The van der Waals surface area contributed by atoms with Gasteiger partial charge in [-0.25, -0.2) is 0 Å². The van der Waals surface area contributed by atoms with Crippen molar-refractivity contribution in [3.63, 3.8) is 0 Å². The molecule has 0 bridgehead atoms. The van der Waals surface area contributed by atoms with Gasteiger partial charge in [-0.1, -0.05) is 0 Å². The third kappa shape index (κ3) is 13.2. The predicted octanol–water partition coefficient (Wildman–Crippen LogP) is -0.621. The average molecular weight is 241 g/mol. The van der Waals surface area contributed by atoms with E-state index in [-0.39, 0.29) is 44.3 Å². The molecule has 0 heterocycles. The van der Waals surface area contributed by atoms with Gasteiger partial charge in [0.15, 0.2) is 0 Å². The van der Waals surface area contributed by atoms with Crippen LogP contribution in [0.15, 0.2) is 0 Å². The van der Waals surface area contributed by atoms with Gasteiger partial charge in [0, 0.05) is 33.3 Å². The zero-order valence-corrected chi connectivity index (χ0v) is 5.98. The second kappa shape index (κ2) is 41.7. The van der Waals surface area contributed by atoms with Gasteiger partial charge < -0.3 is 11.0 Å². The zero-order valence-electron chi connectivity index (χ0n) is 1.76. The van der Waals surface area contributed by atoms with E-state index in [1.165, 1.54) is 0 Å². The van der Waals surface area contributed by atoms with Crippen molar-refractivity contribution >= 4 is 11.0 Å². The fraction of sp³-hybridized carbons (Fsp3) is 0. The largest absolute Gasteiger partial charge is 2.00 e. The summed E-state index contributed by atoms with van der Waals surface area (Å²) in [5.41, 5.74) is 0. The second-order valence-electron chi connectivity index (χ2n) is 0. The maximum Gasteiger partial charge on any atom is 0 e. The van der Waals surface area contributed by atoms with Crippen LogP contribution in [0.2, 0.25) is 0 Å². The smallest absolute Gasteiger partial charge is 0 e. The van der Waals surface area contributed by atoms with Crippen LogP contribution in [0.4, 0.5) is 0 Å². The molecule has 5 radical (unpaired) electrons. The Kier molecular flexibility index (Phi) is 994. The molecule has 0 unspecified atom stereocenters. The normalized spacial score (nSPS) is 0. The van der Waals surface area contributed by atoms with E-state index in [0.29, 0.717) is 0 Å². The molecule has 0 atom stereocenters. The van der Waals surface area contributed by atoms with Gasteiger partial charge in [0.25, 0.3) is 0 Å². The van der Waals surface area contributed by atoms with Crippen LogP contribution in [0.1, 0.15) is 0 Å². The van der Waals surface area contributed by atoms with Gasteiger partial charge in [-0.05, 0) is 0 Å².